The molecular formula is C22H20F2N2O2S. The molecule has 3 aromatic rings. The van der Waals surface area contributed by atoms with Crippen molar-refractivity contribution in [2.24, 2.45) is 0 Å². The number of hydrogen-bond acceptors (Lipinski definition) is 3. The number of nitrogens with zero attached hydrogens (tertiary/aromatic N) is 2. The molecule has 4 nitrogen and oxygen atoms in total. The lowest BCUT2D eigenvalue weighted by Crippen LogP contribution is -2.46. The lowest BCUT2D eigenvalue weighted by molar-refractivity contribution is 0.284. The predicted molar refractivity (Wildman–Crippen MR) is 106 cm³/mol. The van der Waals surface area contributed by atoms with Crippen molar-refractivity contribution in [1.82, 2.24) is 9.29 Å². The van der Waals surface area contributed by atoms with Crippen molar-refractivity contribution in [2.45, 2.75) is 30.2 Å². The van der Waals surface area contributed by atoms with Gasteiger partial charge >= 0.3 is 0 Å². The lowest BCUT2D eigenvalue weighted by Gasteiger charge is -2.38. The summed E-state index contributed by atoms with van der Waals surface area (Å²) in [5.74, 6) is -1.94. The molecule has 0 bridgehead atoms. The molecule has 7 heteroatoms. The Labute approximate surface area is 168 Å². The number of sulfonamides is 1. The quantitative estimate of drug-likeness (QED) is 0.595. The number of halogens is 2. The number of hydrogen-bond donors (Lipinski definition) is 0. The topological polar surface area (TPSA) is 50.3 Å². The van der Waals surface area contributed by atoms with Crippen molar-refractivity contribution in [2.75, 3.05) is 6.54 Å². The van der Waals surface area contributed by atoms with Crippen LogP contribution in [0.1, 0.15) is 29.5 Å². The van der Waals surface area contributed by atoms with Crippen molar-refractivity contribution in [3.8, 4) is 0 Å². The second-order valence-electron chi connectivity index (χ2n) is 7.19. The first-order valence-electron chi connectivity index (χ1n) is 9.33. The zero-order chi connectivity index (χ0) is 20.6. The Hall–Kier alpha value is -2.64. The van der Waals surface area contributed by atoms with Gasteiger partial charge in [-0.25, -0.2) is 8.42 Å². The fraction of sp³-hybridized carbons (Fsp3) is 0.227. The second-order valence-corrected chi connectivity index (χ2v) is 9.05. The van der Waals surface area contributed by atoms with Gasteiger partial charge in [-0.05, 0) is 49.6 Å². The fourth-order valence-electron chi connectivity index (χ4n) is 4.10. The average molecular weight is 414 g/mol. The Balaban J connectivity index is 1.96. The van der Waals surface area contributed by atoms with Crippen molar-refractivity contribution in [1.29, 1.82) is 0 Å². The molecule has 29 heavy (non-hydrogen) atoms. The Bertz CT molecular complexity index is 1140. The highest BCUT2D eigenvalue weighted by Crippen LogP contribution is 2.47. The van der Waals surface area contributed by atoms with E-state index in [0.717, 1.165) is 11.6 Å². The first kappa shape index (κ1) is 19.7. The molecule has 1 aromatic heterocycles. The molecule has 1 unspecified atom stereocenters. The van der Waals surface area contributed by atoms with Crippen LogP contribution in [0.4, 0.5) is 8.78 Å². The van der Waals surface area contributed by atoms with Crippen molar-refractivity contribution in [3.05, 3.63) is 95.3 Å². The molecule has 1 saturated heterocycles. The molecule has 0 amide bonds. The van der Waals surface area contributed by atoms with Gasteiger partial charge < -0.3 is 0 Å². The molecule has 0 N–H and O–H groups in total. The molecule has 1 fully saturated rings. The van der Waals surface area contributed by atoms with Crippen LogP contribution in [0.5, 0.6) is 0 Å². The third kappa shape index (κ3) is 3.24. The van der Waals surface area contributed by atoms with Gasteiger partial charge in [0.05, 0.1) is 10.4 Å². The van der Waals surface area contributed by atoms with Gasteiger partial charge in [-0.15, -0.1) is 0 Å². The van der Waals surface area contributed by atoms with Crippen LogP contribution >= 0.6 is 0 Å². The van der Waals surface area contributed by atoms with E-state index in [2.05, 4.69) is 4.98 Å². The van der Waals surface area contributed by atoms with Crippen molar-refractivity contribution in [3.63, 3.8) is 0 Å². The lowest BCUT2D eigenvalue weighted by atomic mass is 9.82. The number of rotatable bonds is 4. The summed E-state index contributed by atoms with van der Waals surface area (Å²) in [4.78, 5) is 3.47. The number of aryl methyl sites for hydroxylation is 1. The van der Waals surface area contributed by atoms with Crippen LogP contribution in [-0.4, -0.2) is 24.3 Å². The highest BCUT2D eigenvalue weighted by atomic mass is 32.2. The summed E-state index contributed by atoms with van der Waals surface area (Å²) >= 11 is 0. The normalized spacial score (nSPS) is 20.1. The molecule has 1 aliphatic rings. The molecule has 1 atom stereocenters. The van der Waals surface area contributed by atoms with E-state index in [1.807, 2.05) is 13.0 Å². The van der Waals surface area contributed by atoms with Crippen LogP contribution in [0.25, 0.3) is 0 Å². The van der Waals surface area contributed by atoms with Gasteiger partial charge in [-0.1, -0.05) is 48.0 Å². The highest BCUT2D eigenvalue weighted by molar-refractivity contribution is 7.89. The molecule has 4 rings (SSSR count). The minimum atomic E-state index is -3.94. The predicted octanol–water partition coefficient (Wildman–Crippen LogP) is 4.40. The minimum absolute atomic E-state index is 0.0540. The molecule has 0 spiro atoms. The van der Waals surface area contributed by atoms with Crippen LogP contribution in [-0.2, 0) is 15.6 Å². The third-order valence-electron chi connectivity index (χ3n) is 5.45. The summed E-state index contributed by atoms with van der Waals surface area (Å²) in [6, 6.07) is 17.8. The van der Waals surface area contributed by atoms with E-state index in [1.165, 1.54) is 10.4 Å². The van der Waals surface area contributed by atoms with Crippen LogP contribution in [0, 0.1) is 18.8 Å². The highest BCUT2D eigenvalue weighted by Gasteiger charge is 2.51. The largest absolute Gasteiger partial charge is 0.244 e. The maximum absolute atomic E-state index is 14.9. The van der Waals surface area contributed by atoms with Crippen LogP contribution in [0.3, 0.4) is 0 Å². The van der Waals surface area contributed by atoms with Crippen molar-refractivity contribution >= 4 is 10.0 Å². The van der Waals surface area contributed by atoms with Gasteiger partial charge in [0, 0.05) is 12.1 Å². The van der Waals surface area contributed by atoms with E-state index in [4.69, 9.17) is 0 Å². The molecule has 0 radical (unpaired) electrons. The Morgan fingerprint density at radius 2 is 1.66 bits per heavy atom. The summed E-state index contributed by atoms with van der Waals surface area (Å²) < 4.78 is 56.9. The second kappa shape index (κ2) is 7.31. The van der Waals surface area contributed by atoms with E-state index in [-0.39, 0.29) is 17.0 Å². The van der Waals surface area contributed by atoms with Crippen LogP contribution in [0.15, 0.2) is 71.6 Å². The third-order valence-corrected chi connectivity index (χ3v) is 7.39. The zero-order valence-electron chi connectivity index (χ0n) is 15.8. The van der Waals surface area contributed by atoms with E-state index in [9.17, 15) is 17.2 Å². The molecular weight excluding hydrogens is 394 g/mol. The molecule has 2 heterocycles. The van der Waals surface area contributed by atoms with Crippen LogP contribution < -0.4 is 0 Å². The number of pyridine rings is 1. The van der Waals surface area contributed by atoms with Crippen LogP contribution in [0.2, 0.25) is 0 Å². The Morgan fingerprint density at radius 1 is 0.966 bits per heavy atom. The average Bonchev–Trinajstić information content (AvgIpc) is 3.16. The van der Waals surface area contributed by atoms with Gasteiger partial charge in [-0.3, -0.25) is 0 Å². The van der Waals surface area contributed by atoms with Gasteiger partial charge in [0.2, 0.25) is 21.9 Å². The SMILES string of the molecule is Cc1ccc(S(=O)(=O)N2CCCC2(c2ccccc2)c2ccc(F)nc2F)cc1. The summed E-state index contributed by atoms with van der Waals surface area (Å²) in [6.07, 6.45) is 0.906. The molecule has 0 aliphatic carbocycles. The van der Waals surface area contributed by atoms with E-state index in [0.29, 0.717) is 18.4 Å². The minimum Gasteiger partial charge on any atom is -0.207 e. The van der Waals surface area contributed by atoms with E-state index >= 15 is 0 Å². The molecule has 150 valence electrons. The van der Waals surface area contributed by atoms with E-state index < -0.39 is 27.5 Å². The maximum atomic E-state index is 14.9. The summed E-state index contributed by atoms with van der Waals surface area (Å²) in [5.41, 5.74) is 0.322. The molecule has 1 aliphatic heterocycles. The Kier molecular flexibility index (Phi) is 4.96. The Morgan fingerprint density at radius 3 is 2.31 bits per heavy atom. The summed E-state index contributed by atoms with van der Waals surface area (Å²) in [5, 5.41) is 0. The summed E-state index contributed by atoms with van der Waals surface area (Å²) in [6.45, 7) is 2.10. The number of aromatic nitrogens is 1. The number of benzene rings is 2. The van der Waals surface area contributed by atoms with E-state index in [1.54, 1.807) is 48.5 Å². The monoisotopic (exact) mass is 414 g/mol. The zero-order valence-corrected chi connectivity index (χ0v) is 16.7. The molecule has 0 saturated carbocycles. The first-order chi connectivity index (χ1) is 13.9. The first-order valence-corrected chi connectivity index (χ1v) is 10.8. The maximum Gasteiger partial charge on any atom is 0.244 e. The molecule has 2 aromatic carbocycles. The van der Waals surface area contributed by atoms with Gasteiger partial charge in [0.1, 0.15) is 0 Å². The standard InChI is InChI=1S/C22H20F2N2O2S/c1-16-8-10-18(11-9-16)29(27,28)26-15-5-14-22(26,17-6-3-2-4-7-17)19-12-13-20(23)25-21(19)24/h2-4,6-13H,5,14-15H2,1H3. The van der Waals surface area contributed by atoms with Gasteiger partial charge in [0.15, 0.2) is 0 Å². The fourth-order valence-corrected chi connectivity index (χ4v) is 5.91. The summed E-state index contributed by atoms with van der Waals surface area (Å²) in [7, 11) is -3.94. The van der Waals surface area contributed by atoms with Gasteiger partial charge in [0.25, 0.3) is 0 Å². The van der Waals surface area contributed by atoms with Crippen molar-refractivity contribution < 1.29 is 17.2 Å². The smallest absolute Gasteiger partial charge is 0.207 e. The van der Waals surface area contributed by atoms with Gasteiger partial charge in [-0.2, -0.15) is 18.1 Å².